The lowest BCUT2D eigenvalue weighted by molar-refractivity contribution is 0.513. The highest BCUT2D eigenvalue weighted by atomic mass is 15.3. The first kappa shape index (κ1) is 14.7. The van der Waals surface area contributed by atoms with Crippen molar-refractivity contribution >= 4 is 0 Å². The molecule has 0 spiro atoms. The summed E-state index contributed by atoms with van der Waals surface area (Å²) in [6.07, 6.45) is 0.802. The second kappa shape index (κ2) is 6.15. The van der Waals surface area contributed by atoms with Gasteiger partial charge in [-0.05, 0) is 45.4 Å². The maximum absolute atomic E-state index is 5.75. The molecule has 1 atom stereocenters. The number of rotatable bonds is 5. The minimum atomic E-state index is 0.0458. The largest absolute Gasteiger partial charge is 0.271 e. The van der Waals surface area contributed by atoms with Gasteiger partial charge in [0.15, 0.2) is 0 Å². The highest BCUT2D eigenvalue weighted by molar-refractivity contribution is 5.26. The van der Waals surface area contributed by atoms with E-state index in [9.17, 15) is 0 Å². The van der Waals surface area contributed by atoms with Gasteiger partial charge in [-0.25, -0.2) is 0 Å². The normalized spacial score (nSPS) is 12.7. The number of hydrogen-bond donors (Lipinski definition) is 2. The molecule has 108 valence electrons. The van der Waals surface area contributed by atoms with Gasteiger partial charge in [0.2, 0.25) is 0 Å². The van der Waals surface area contributed by atoms with Gasteiger partial charge >= 0.3 is 0 Å². The first-order valence-corrected chi connectivity index (χ1v) is 6.98. The maximum Gasteiger partial charge on any atom is 0.0596 e. The van der Waals surface area contributed by atoms with E-state index < -0.39 is 0 Å². The molecule has 20 heavy (non-hydrogen) atoms. The van der Waals surface area contributed by atoms with Crippen LogP contribution in [0.5, 0.6) is 0 Å². The molecule has 1 unspecified atom stereocenters. The number of hydrogen-bond acceptors (Lipinski definition) is 4. The van der Waals surface area contributed by atoms with Crippen LogP contribution in [0.15, 0.2) is 18.2 Å². The minimum Gasteiger partial charge on any atom is -0.271 e. The first-order chi connectivity index (χ1) is 9.55. The summed E-state index contributed by atoms with van der Waals surface area (Å²) in [6, 6.07) is 6.28. The molecule has 2 aromatic heterocycles. The van der Waals surface area contributed by atoms with E-state index in [1.807, 2.05) is 31.5 Å². The molecular weight excluding hydrogens is 250 g/mol. The highest BCUT2D eigenvalue weighted by Gasteiger charge is 2.16. The van der Waals surface area contributed by atoms with Gasteiger partial charge in [0, 0.05) is 30.0 Å². The summed E-state index contributed by atoms with van der Waals surface area (Å²) in [5.74, 6) is 5.75. The van der Waals surface area contributed by atoms with Crippen LogP contribution in [0.1, 0.15) is 41.3 Å². The Kier molecular flexibility index (Phi) is 4.52. The van der Waals surface area contributed by atoms with Crippen molar-refractivity contribution in [1.82, 2.24) is 20.2 Å². The molecule has 3 N–H and O–H groups in total. The number of nitrogens with zero attached hydrogens (tertiary/aromatic N) is 3. The molecule has 0 radical (unpaired) electrons. The average Bonchev–Trinajstić information content (AvgIpc) is 2.76. The van der Waals surface area contributed by atoms with E-state index in [0.29, 0.717) is 0 Å². The van der Waals surface area contributed by atoms with Crippen LogP contribution in [0.2, 0.25) is 0 Å². The minimum absolute atomic E-state index is 0.0458. The van der Waals surface area contributed by atoms with Crippen molar-refractivity contribution in [3.63, 3.8) is 0 Å². The van der Waals surface area contributed by atoms with E-state index in [1.54, 1.807) is 0 Å². The fourth-order valence-corrected chi connectivity index (χ4v) is 2.57. The summed E-state index contributed by atoms with van der Waals surface area (Å²) < 4.78 is 2.02. The quantitative estimate of drug-likeness (QED) is 0.645. The van der Waals surface area contributed by atoms with Crippen molar-refractivity contribution < 1.29 is 0 Å². The van der Waals surface area contributed by atoms with Gasteiger partial charge in [0.1, 0.15) is 0 Å². The van der Waals surface area contributed by atoms with Crippen LogP contribution < -0.4 is 11.3 Å². The Balaban J connectivity index is 2.28. The third kappa shape index (κ3) is 3.05. The lowest BCUT2D eigenvalue weighted by atomic mass is 10.0. The molecule has 2 rings (SSSR count). The SMILES string of the molecule is CCn1nc(C)cc1CC(NN)c1ccc(C)nc1C. The summed E-state index contributed by atoms with van der Waals surface area (Å²) in [7, 11) is 0. The van der Waals surface area contributed by atoms with Crippen molar-refractivity contribution in [2.45, 2.75) is 46.7 Å². The zero-order chi connectivity index (χ0) is 14.7. The second-order valence-corrected chi connectivity index (χ2v) is 5.14. The Hall–Kier alpha value is -1.72. The molecule has 0 amide bonds. The van der Waals surface area contributed by atoms with Crippen LogP contribution in [0, 0.1) is 20.8 Å². The monoisotopic (exact) mass is 273 g/mol. The molecule has 5 heteroatoms. The summed E-state index contributed by atoms with van der Waals surface area (Å²) in [6.45, 7) is 9.00. The second-order valence-electron chi connectivity index (χ2n) is 5.14. The van der Waals surface area contributed by atoms with E-state index in [4.69, 9.17) is 5.84 Å². The van der Waals surface area contributed by atoms with Gasteiger partial charge in [0.25, 0.3) is 0 Å². The topological polar surface area (TPSA) is 68.8 Å². The third-order valence-electron chi connectivity index (χ3n) is 3.54. The van der Waals surface area contributed by atoms with Crippen molar-refractivity contribution in [1.29, 1.82) is 0 Å². The van der Waals surface area contributed by atoms with Crippen LogP contribution in [0.25, 0.3) is 0 Å². The molecule has 0 saturated heterocycles. The summed E-state index contributed by atoms with van der Waals surface area (Å²) in [4.78, 5) is 4.51. The smallest absolute Gasteiger partial charge is 0.0596 e. The van der Waals surface area contributed by atoms with E-state index in [1.165, 1.54) is 5.69 Å². The predicted molar refractivity (Wildman–Crippen MR) is 80.1 cm³/mol. The van der Waals surface area contributed by atoms with Gasteiger partial charge in [-0.15, -0.1) is 0 Å². The highest BCUT2D eigenvalue weighted by Crippen LogP contribution is 2.21. The van der Waals surface area contributed by atoms with Crippen LogP contribution in [0.4, 0.5) is 0 Å². The molecule has 2 heterocycles. The summed E-state index contributed by atoms with van der Waals surface area (Å²) >= 11 is 0. The molecule has 5 nitrogen and oxygen atoms in total. The Morgan fingerprint density at radius 1 is 1.25 bits per heavy atom. The van der Waals surface area contributed by atoms with Crippen molar-refractivity contribution in [2.24, 2.45) is 5.84 Å². The van der Waals surface area contributed by atoms with E-state index in [0.717, 1.165) is 35.6 Å². The molecule has 0 aliphatic heterocycles. The number of pyridine rings is 1. The number of nitrogens with one attached hydrogen (secondary N) is 1. The van der Waals surface area contributed by atoms with Gasteiger partial charge in [-0.2, -0.15) is 5.10 Å². The Morgan fingerprint density at radius 3 is 2.60 bits per heavy atom. The molecular formula is C15H23N5. The van der Waals surface area contributed by atoms with Crippen molar-refractivity contribution in [3.05, 3.63) is 46.5 Å². The molecule has 0 aliphatic carbocycles. The van der Waals surface area contributed by atoms with Gasteiger partial charge in [0.05, 0.1) is 11.7 Å². The molecule has 0 bridgehead atoms. The fourth-order valence-electron chi connectivity index (χ4n) is 2.57. The molecule has 0 saturated carbocycles. The lowest BCUT2D eigenvalue weighted by Crippen LogP contribution is -2.31. The molecule has 2 aromatic rings. The summed E-state index contributed by atoms with van der Waals surface area (Å²) in [5, 5.41) is 4.48. The number of aryl methyl sites for hydroxylation is 4. The van der Waals surface area contributed by atoms with Crippen LogP contribution in [-0.4, -0.2) is 14.8 Å². The van der Waals surface area contributed by atoms with Gasteiger partial charge < -0.3 is 0 Å². The zero-order valence-electron chi connectivity index (χ0n) is 12.6. The number of hydrazine groups is 1. The van der Waals surface area contributed by atoms with Crippen LogP contribution >= 0.6 is 0 Å². The maximum atomic E-state index is 5.75. The average molecular weight is 273 g/mol. The third-order valence-corrected chi connectivity index (χ3v) is 3.54. The predicted octanol–water partition coefficient (Wildman–Crippen LogP) is 1.97. The zero-order valence-corrected chi connectivity index (χ0v) is 12.6. The molecule has 0 aromatic carbocycles. The van der Waals surface area contributed by atoms with Crippen molar-refractivity contribution in [3.8, 4) is 0 Å². The Labute approximate surface area is 120 Å². The molecule has 0 fully saturated rings. The number of nitrogens with two attached hydrogens (primary N) is 1. The van der Waals surface area contributed by atoms with E-state index in [-0.39, 0.29) is 6.04 Å². The van der Waals surface area contributed by atoms with Gasteiger partial charge in [-0.3, -0.25) is 20.9 Å². The fraction of sp³-hybridized carbons (Fsp3) is 0.467. The molecule has 0 aliphatic rings. The Morgan fingerprint density at radius 2 is 2.00 bits per heavy atom. The van der Waals surface area contributed by atoms with Gasteiger partial charge in [-0.1, -0.05) is 6.07 Å². The Bertz CT molecular complexity index is 588. The summed E-state index contributed by atoms with van der Waals surface area (Å²) in [5.41, 5.74) is 8.32. The number of aromatic nitrogens is 3. The van der Waals surface area contributed by atoms with E-state index >= 15 is 0 Å². The van der Waals surface area contributed by atoms with Crippen molar-refractivity contribution in [2.75, 3.05) is 0 Å². The first-order valence-electron chi connectivity index (χ1n) is 6.98. The standard InChI is InChI=1S/C15H23N5/c1-5-20-13(8-11(3)19-20)9-15(18-16)14-7-6-10(2)17-12(14)4/h6-8,15,18H,5,9,16H2,1-4H3. The lowest BCUT2D eigenvalue weighted by Gasteiger charge is -2.18. The van der Waals surface area contributed by atoms with Crippen LogP contribution in [-0.2, 0) is 13.0 Å². The van der Waals surface area contributed by atoms with Crippen LogP contribution in [0.3, 0.4) is 0 Å². The van der Waals surface area contributed by atoms with E-state index in [2.05, 4.69) is 34.6 Å².